The van der Waals surface area contributed by atoms with E-state index >= 15 is 0 Å². The van der Waals surface area contributed by atoms with Crippen LogP contribution in [0.5, 0.6) is 0 Å². The summed E-state index contributed by atoms with van der Waals surface area (Å²) in [6, 6.07) is 7.39. The van der Waals surface area contributed by atoms with Gasteiger partial charge in [-0.3, -0.25) is 0 Å². The summed E-state index contributed by atoms with van der Waals surface area (Å²) < 4.78 is 11.6. The molecule has 21 heavy (non-hydrogen) atoms. The first-order valence-electron chi connectivity index (χ1n) is 6.96. The topological polar surface area (TPSA) is 38.7 Å². The Kier molecular flexibility index (Phi) is 5.81. The standard InChI is InChI=1S/C16H25ClO3Si/c1-15(2,3)19-21(18,20-16(4,5)6)11-10-13-8-7-9-14(17)12-13/h7-12,18H,1-6H3/b11-10+. The van der Waals surface area contributed by atoms with Crippen molar-refractivity contribution in [3.63, 3.8) is 0 Å². The van der Waals surface area contributed by atoms with Gasteiger partial charge < -0.3 is 13.6 Å². The first kappa shape index (κ1) is 18.4. The van der Waals surface area contributed by atoms with Crippen LogP contribution >= 0.6 is 11.6 Å². The van der Waals surface area contributed by atoms with Gasteiger partial charge in [-0.25, -0.2) is 0 Å². The second-order valence-corrected chi connectivity index (χ2v) is 9.39. The first-order valence-corrected chi connectivity index (χ1v) is 9.18. The molecular formula is C16H25ClO3Si. The zero-order valence-electron chi connectivity index (χ0n) is 13.6. The molecule has 0 bridgehead atoms. The highest BCUT2D eigenvalue weighted by Gasteiger charge is 2.42. The summed E-state index contributed by atoms with van der Waals surface area (Å²) in [6.07, 6.45) is 1.79. The molecule has 5 heteroatoms. The van der Waals surface area contributed by atoms with E-state index in [9.17, 15) is 4.80 Å². The van der Waals surface area contributed by atoms with Crippen molar-refractivity contribution >= 4 is 26.5 Å². The van der Waals surface area contributed by atoms with Crippen LogP contribution in [0.2, 0.25) is 5.02 Å². The van der Waals surface area contributed by atoms with Gasteiger partial charge in [-0.2, -0.15) is 0 Å². The Hall–Kier alpha value is -0.653. The molecule has 0 unspecified atom stereocenters. The zero-order valence-corrected chi connectivity index (χ0v) is 15.4. The lowest BCUT2D eigenvalue weighted by Crippen LogP contribution is -2.50. The van der Waals surface area contributed by atoms with Crippen LogP contribution in [0.1, 0.15) is 47.1 Å². The molecule has 0 atom stereocenters. The molecule has 0 aromatic heterocycles. The fourth-order valence-electron chi connectivity index (χ4n) is 1.78. The summed E-state index contributed by atoms with van der Waals surface area (Å²) in [4.78, 5) is 10.8. The lowest BCUT2D eigenvalue weighted by molar-refractivity contribution is -0.0180. The maximum atomic E-state index is 10.8. The highest BCUT2D eigenvalue weighted by atomic mass is 35.5. The normalized spacial score (nSPS) is 13.9. The summed E-state index contributed by atoms with van der Waals surface area (Å²) in [5, 5.41) is 0.649. The Labute approximate surface area is 133 Å². The SMILES string of the molecule is CC(C)(C)O[Si](O)(/C=C/c1cccc(Cl)c1)OC(C)(C)C. The van der Waals surface area contributed by atoms with Gasteiger partial charge in [-0.1, -0.05) is 29.8 Å². The van der Waals surface area contributed by atoms with Crippen LogP contribution in [0.4, 0.5) is 0 Å². The Morgan fingerprint density at radius 3 is 2.00 bits per heavy atom. The fraction of sp³-hybridized carbons (Fsp3) is 0.500. The van der Waals surface area contributed by atoms with Crippen LogP contribution in [0.15, 0.2) is 30.0 Å². The van der Waals surface area contributed by atoms with E-state index in [4.69, 9.17) is 20.5 Å². The van der Waals surface area contributed by atoms with E-state index in [0.717, 1.165) is 5.56 Å². The molecule has 1 aromatic rings. The molecule has 1 aromatic carbocycles. The maximum Gasteiger partial charge on any atom is 0.527 e. The van der Waals surface area contributed by atoms with Crippen molar-refractivity contribution < 1.29 is 13.6 Å². The van der Waals surface area contributed by atoms with E-state index in [1.54, 1.807) is 17.8 Å². The van der Waals surface area contributed by atoms with Crippen LogP contribution < -0.4 is 0 Å². The maximum absolute atomic E-state index is 10.8. The Morgan fingerprint density at radius 2 is 1.57 bits per heavy atom. The van der Waals surface area contributed by atoms with Crippen LogP contribution in [-0.4, -0.2) is 24.8 Å². The molecule has 0 spiro atoms. The van der Waals surface area contributed by atoms with Crippen LogP contribution in [0.3, 0.4) is 0 Å². The summed E-state index contributed by atoms with van der Waals surface area (Å²) in [5.74, 6) is 0. The van der Waals surface area contributed by atoms with Crippen molar-refractivity contribution in [1.82, 2.24) is 0 Å². The fourth-order valence-corrected chi connectivity index (χ4v) is 4.31. The first-order chi connectivity index (χ1) is 9.39. The quantitative estimate of drug-likeness (QED) is 0.830. The van der Waals surface area contributed by atoms with Gasteiger partial charge in [-0.05, 0) is 64.9 Å². The van der Waals surface area contributed by atoms with Crippen molar-refractivity contribution in [2.24, 2.45) is 0 Å². The predicted octanol–water partition coefficient (Wildman–Crippen LogP) is 4.45. The largest absolute Gasteiger partial charge is 0.527 e. The Bertz CT molecular complexity index is 485. The lowest BCUT2D eigenvalue weighted by atomic mass is 10.2. The number of hydrogen-bond donors (Lipinski definition) is 1. The monoisotopic (exact) mass is 328 g/mol. The highest BCUT2D eigenvalue weighted by molar-refractivity contribution is 6.65. The summed E-state index contributed by atoms with van der Waals surface area (Å²) in [6.45, 7) is 11.4. The van der Waals surface area contributed by atoms with Gasteiger partial charge in [0.2, 0.25) is 0 Å². The highest BCUT2D eigenvalue weighted by Crippen LogP contribution is 2.23. The molecule has 0 heterocycles. The molecule has 1 rings (SSSR count). The van der Waals surface area contributed by atoms with Gasteiger partial charge in [0, 0.05) is 5.02 Å². The van der Waals surface area contributed by atoms with E-state index in [1.807, 2.05) is 59.7 Å². The van der Waals surface area contributed by atoms with Crippen molar-refractivity contribution in [1.29, 1.82) is 0 Å². The second-order valence-electron chi connectivity index (χ2n) is 6.95. The molecule has 1 N–H and O–H groups in total. The molecule has 0 saturated heterocycles. The van der Waals surface area contributed by atoms with Gasteiger partial charge in [-0.15, -0.1) is 0 Å². The molecule has 0 aliphatic rings. The lowest BCUT2D eigenvalue weighted by Gasteiger charge is -2.34. The average Bonchev–Trinajstić information content (AvgIpc) is 2.21. The third-order valence-electron chi connectivity index (χ3n) is 2.24. The number of hydrogen-bond acceptors (Lipinski definition) is 3. The molecule has 0 aliphatic heterocycles. The molecule has 0 radical (unpaired) electrons. The van der Waals surface area contributed by atoms with Crippen molar-refractivity contribution in [3.05, 3.63) is 40.6 Å². The number of halogens is 1. The summed E-state index contributed by atoms with van der Waals surface area (Å²) in [7, 11) is -3.44. The molecule has 118 valence electrons. The molecule has 0 amide bonds. The molecule has 0 aliphatic carbocycles. The molecule has 0 fully saturated rings. The number of benzene rings is 1. The van der Waals surface area contributed by atoms with E-state index < -0.39 is 20.0 Å². The Morgan fingerprint density at radius 1 is 1.05 bits per heavy atom. The van der Waals surface area contributed by atoms with Crippen molar-refractivity contribution in [3.8, 4) is 0 Å². The van der Waals surface area contributed by atoms with Gasteiger partial charge >= 0.3 is 8.80 Å². The van der Waals surface area contributed by atoms with Gasteiger partial charge in [0.1, 0.15) is 0 Å². The minimum absolute atomic E-state index is 0.495. The Balaban J connectivity index is 3.01. The molecule has 3 nitrogen and oxygen atoms in total. The number of rotatable bonds is 4. The molecular weight excluding hydrogens is 304 g/mol. The van der Waals surface area contributed by atoms with E-state index in [0.29, 0.717) is 5.02 Å². The summed E-state index contributed by atoms with van der Waals surface area (Å²) in [5.41, 5.74) is 1.54. The van der Waals surface area contributed by atoms with Gasteiger partial charge in [0.05, 0.1) is 11.2 Å². The minimum atomic E-state index is -3.44. The predicted molar refractivity (Wildman–Crippen MR) is 90.1 cm³/mol. The van der Waals surface area contributed by atoms with Gasteiger partial charge in [0.15, 0.2) is 0 Å². The average molecular weight is 329 g/mol. The second kappa shape index (κ2) is 6.63. The van der Waals surface area contributed by atoms with Crippen molar-refractivity contribution in [2.45, 2.75) is 52.7 Å². The zero-order chi connectivity index (χ0) is 16.3. The third kappa shape index (κ3) is 7.78. The van der Waals surface area contributed by atoms with E-state index in [-0.39, 0.29) is 0 Å². The van der Waals surface area contributed by atoms with Crippen molar-refractivity contribution in [2.75, 3.05) is 0 Å². The van der Waals surface area contributed by atoms with E-state index in [2.05, 4.69) is 0 Å². The van der Waals surface area contributed by atoms with E-state index in [1.165, 1.54) is 0 Å². The third-order valence-corrected chi connectivity index (χ3v) is 4.87. The minimum Gasteiger partial charge on any atom is -0.387 e. The summed E-state index contributed by atoms with van der Waals surface area (Å²) >= 11 is 5.96. The van der Waals surface area contributed by atoms with Crippen LogP contribution in [0.25, 0.3) is 6.08 Å². The van der Waals surface area contributed by atoms with Crippen LogP contribution in [0, 0.1) is 0 Å². The van der Waals surface area contributed by atoms with Gasteiger partial charge in [0.25, 0.3) is 0 Å². The molecule has 0 saturated carbocycles. The smallest absolute Gasteiger partial charge is 0.387 e. The van der Waals surface area contributed by atoms with Crippen LogP contribution in [-0.2, 0) is 8.85 Å².